The van der Waals surface area contributed by atoms with Crippen molar-refractivity contribution in [3.63, 3.8) is 0 Å². The molecule has 3 nitrogen and oxygen atoms in total. The molecule has 78 valence electrons. The van der Waals surface area contributed by atoms with Crippen molar-refractivity contribution in [2.24, 2.45) is 0 Å². The van der Waals surface area contributed by atoms with Crippen LogP contribution in [0.3, 0.4) is 0 Å². The van der Waals surface area contributed by atoms with Crippen molar-refractivity contribution in [3.8, 4) is 5.69 Å². The Bertz CT molecular complexity index is 503. The summed E-state index contributed by atoms with van der Waals surface area (Å²) in [6.45, 7) is 3.93. The summed E-state index contributed by atoms with van der Waals surface area (Å²) in [7, 11) is 0. The van der Waals surface area contributed by atoms with Crippen molar-refractivity contribution >= 4 is 17.3 Å². The normalized spacial score (nSPS) is 10.6. The van der Waals surface area contributed by atoms with Crippen LogP contribution in [0.2, 0.25) is 5.02 Å². The number of nitrogens with two attached hydrogens (primary N) is 1. The molecule has 0 aliphatic heterocycles. The number of hydrogen-bond donors (Lipinski definition) is 1. The Hall–Kier alpha value is -1.48. The Morgan fingerprint density at radius 2 is 2.00 bits per heavy atom. The topological polar surface area (TPSA) is 43.8 Å². The molecule has 0 unspecified atom stereocenters. The number of anilines is 1. The molecule has 0 atom stereocenters. The molecule has 2 aromatic rings. The molecule has 0 radical (unpaired) electrons. The lowest BCUT2D eigenvalue weighted by molar-refractivity contribution is 0.834. The Labute approximate surface area is 93.5 Å². The van der Waals surface area contributed by atoms with Crippen LogP contribution in [0.25, 0.3) is 5.69 Å². The highest BCUT2D eigenvalue weighted by Crippen LogP contribution is 2.23. The van der Waals surface area contributed by atoms with Crippen LogP contribution >= 0.6 is 11.6 Å². The van der Waals surface area contributed by atoms with E-state index in [4.69, 9.17) is 17.3 Å². The molecule has 1 aromatic carbocycles. The fourth-order valence-corrected chi connectivity index (χ4v) is 1.76. The minimum absolute atomic E-state index is 0.649. The zero-order chi connectivity index (χ0) is 11.0. The van der Waals surface area contributed by atoms with Crippen molar-refractivity contribution in [3.05, 3.63) is 40.7 Å². The average molecular weight is 222 g/mol. The first kappa shape index (κ1) is 10.1. The molecule has 0 aliphatic rings. The molecule has 2 rings (SSSR count). The smallest absolute Gasteiger partial charge is 0.0855 e. The predicted molar refractivity (Wildman–Crippen MR) is 62.5 cm³/mol. The van der Waals surface area contributed by atoms with Gasteiger partial charge in [-0.15, -0.1) is 0 Å². The summed E-state index contributed by atoms with van der Waals surface area (Å²) in [5.74, 6) is 0. The van der Waals surface area contributed by atoms with Gasteiger partial charge in [0.15, 0.2) is 0 Å². The van der Waals surface area contributed by atoms with Crippen LogP contribution in [-0.4, -0.2) is 9.78 Å². The second kappa shape index (κ2) is 3.59. The van der Waals surface area contributed by atoms with Gasteiger partial charge in [-0.2, -0.15) is 5.10 Å². The summed E-state index contributed by atoms with van der Waals surface area (Å²) >= 11 is 6.10. The van der Waals surface area contributed by atoms with Crippen LogP contribution in [-0.2, 0) is 0 Å². The van der Waals surface area contributed by atoms with Gasteiger partial charge in [0.1, 0.15) is 0 Å². The number of nitrogen functional groups attached to an aromatic ring is 1. The van der Waals surface area contributed by atoms with E-state index in [9.17, 15) is 0 Å². The highest BCUT2D eigenvalue weighted by atomic mass is 35.5. The second-order valence-corrected chi connectivity index (χ2v) is 3.96. The third kappa shape index (κ3) is 1.83. The van der Waals surface area contributed by atoms with E-state index in [1.54, 1.807) is 16.8 Å². The third-order valence-electron chi connectivity index (χ3n) is 2.21. The molecular formula is C11H12ClN3. The standard InChI is InChI=1S/C11H12ClN3/c1-7-5-8(2)15(14-7)11-6-9(13)3-4-10(11)12/h3-6H,13H2,1-2H3. The van der Waals surface area contributed by atoms with Gasteiger partial charge < -0.3 is 5.73 Å². The molecule has 15 heavy (non-hydrogen) atoms. The van der Waals surface area contributed by atoms with Crippen LogP contribution in [0.5, 0.6) is 0 Å². The number of hydrogen-bond acceptors (Lipinski definition) is 2. The quantitative estimate of drug-likeness (QED) is 0.753. The van der Waals surface area contributed by atoms with Crippen molar-refractivity contribution in [2.45, 2.75) is 13.8 Å². The lowest BCUT2D eigenvalue weighted by atomic mass is 10.3. The molecule has 0 fully saturated rings. The maximum absolute atomic E-state index is 6.10. The molecule has 4 heteroatoms. The summed E-state index contributed by atoms with van der Waals surface area (Å²) in [5, 5.41) is 5.01. The van der Waals surface area contributed by atoms with E-state index < -0.39 is 0 Å². The molecule has 0 aliphatic carbocycles. The summed E-state index contributed by atoms with van der Waals surface area (Å²) in [5.41, 5.74) is 9.23. The SMILES string of the molecule is Cc1cc(C)n(-c2cc(N)ccc2Cl)n1. The Kier molecular flexibility index (Phi) is 2.40. The van der Waals surface area contributed by atoms with Gasteiger partial charge in [0.25, 0.3) is 0 Å². The first-order chi connectivity index (χ1) is 7.08. The fourth-order valence-electron chi connectivity index (χ4n) is 1.56. The van der Waals surface area contributed by atoms with Gasteiger partial charge in [0.05, 0.1) is 16.4 Å². The van der Waals surface area contributed by atoms with Crippen LogP contribution in [0, 0.1) is 13.8 Å². The molecule has 1 aromatic heterocycles. The summed E-state index contributed by atoms with van der Waals surface area (Å²) in [4.78, 5) is 0. The lowest BCUT2D eigenvalue weighted by Gasteiger charge is -2.07. The maximum Gasteiger partial charge on any atom is 0.0855 e. The molecule has 0 saturated carbocycles. The maximum atomic E-state index is 6.10. The third-order valence-corrected chi connectivity index (χ3v) is 2.53. The van der Waals surface area contributed by atoms with Gasteiger partial charge in [-0.25, -0.2) is 4.68 Å². The zero-order valence-corrected chi connectivity index (χ0v) is 9.42. The first-order valence-corrected chi connectivity index (χ1v) is 5.04. The van der Waals surface area contributed by atoms with Gasteiger partial charge in [-0.3, -0.25) is 0 Å². The largest absolute Gasteiger partial charge is 0.399 e. The van der Waals surface area contributed by atoms with Crippen molar-refractivity contribution in [2.75, 3.05) is 5.73 Å². The van der Waals surface area contributed by atoms with E-state index in [1.807, 2.05) is 26.0 Å². The number of aryl methyl sites for hydroxylation is 2. The molecule has 0 spiro atoms. The summed E-state index contributed by atoms with van der Waals surface area (Å²) in [6, 6.07) is 7.38. The Balaban J connectivity index is 2.62. The monoisotopic (exact) mass is 221 g/mol. The summed E-state index contributed by atoms with van der Waals surface area (Å²) in [6.07, 6.45) is 0. The Morgan fingerprint density at radius 1 is 1.27 bits per heavy atom. The number of aromatic nitrogens is 2. The second-order valence-electron chi connectivity index (χ2n) is 3.55. The van der Waals surface area contributed by atoms with Gasteiger partial charge >= 0.3 is 0 Å². The van der Waals surface area contributed by atoms with Crippen molar-refractivity contribution in [1.82, 2.24) is 9.78 Å². The van der Waals surface area contributed by atoms with Crippen LogP contribution in [0.1, 0.15) is 11.4 Å². The van der Waals surface area contributed by atoms with Crippen molar-refractivity contribution < 1.29 is 0 Å². The minimum Gasteiger partial charge on any atom is -0.399 e. The number of benzene rings is 1. The molecule has 2 N–H and O–H groups in total. The number of halogens is 1. The van der Waals surface area contributed by atoms with E-state index in [1.165, 1.54) is 0 Å². The predicted octanol–water partition coefficient (Wildman–Crippen LogP) is 2.72. The van der Waals surface area contributed by atoms with Gasteiger partial charge in [0.2, 0.25) is 0 Å². The van der Waals surface area contributed by atoms with Gasteiger partial charge in [-0.1, -0.05) is 11.6 Å². The van der Waals surface area contributed by atoms with E-state index in [2.05, 4.69) is 5.10 Å². The fraction of sp³-hybridized carbons (Fsp3) is 0.182. The molecule has 1 heterocycles. The highest BCUT2D eigenvalue weighted by molar-refractivity contribution is 6.32. The van der Waals surface area contributed by atoms with Gasteiger partial charge in [0, 0.05) is 11.4 Å². The van der Waals surface area contributed by atoms with E-state index in [0.29, 0.717) is 10.7 Å². The first-order valence-electron chi connectivity index (χ1n) is 4.66. The molecular weight excluding hydrogens is 210 g/mol. The summed E-state index contributed by atoms with van der Waals surface area (Å²) < 4.78 is 1.80. The Morgan fingerprint density at radius 3 is 2.60 bits per heavy atom. The molecule has 0 bridgehead atoms. The minimum atomic E-state index is 0.649. The van der Waals surface area contributed by atoms with Crippen LogP contribution in [0.4, 0.5) is 5.69 Å². The van der Waals surface area contributed by atoms with E-state index in [0.717, 1.165) is 17.1 Å². The van der Waals surface area contributed by atoms with Crippen molar-refractivity contribution in [1.29, 1.82) is 0 Å². The zero-order valence-electron chi connectivity index (χ0n) is 8.66. The molecule has 0 amide bonds. The van der Waals surface area contributed by atoms with E-state index >= 15 is 0 Å². The van der Waals surface area contributed by atoms with Gasteiger partial charge in [-0.05, 0) is 38.1 Å². The molecule has 0 saturated heterocycles. The average Bonchev–Trinajstić information content (AvgIpc) is 2.50. The van der Waals surface area contributed by atoms with Crippen LogP contribution < -0.4 is 5.73 Å². The number of rotatable bonds is 1. The highest BCUT2D eigenvalue weighted by Gasteiger charge is 2.07. The van der Waals surface area contributed by atoms with E-state index in [-0.39, 0.29) is 0 Å². The number of nitrogens with zero attached hydrogens (tertiary/aromatic N) is 2. The lowest BCUT2D eigenvalue weighted by Crippen LogP contribution is -2.01. The van der Waals surface area contributed by atoms with Crippen LogP contribution in [0.15, 0.2) is 24.3 Å².